The molecule has 5 heteroatoms. The molecule has 1 aromatic heterocycles. The molecule has 3 heterocycles. The van der Waals surface area contributed by atoms with Crippen LogP contribution in [0.15, 0.2) is 6.07 Å². The van der Waals surface area contributed by atoms with Crippen molar-refractivity contribution in [2.45, 2.75) is 71.1 Å². The van der Waals surface area contributed by atoms with Gasteiger partial charge in [0, 0.05) is 25.3 Å². The van der Waals surface area contributed by atoms with Gasteiger partial charge in [-0.05, 0) is 52.0 Å². The number of aromatic nitrogens is 2. The first kappa shape index (κ1) is 15.5. The fourth-order valence-electron chi connectivity index (χ4n) is 3.71. The molecule has 1 amide bonds. The minimum atomic E-state index is 0.291. The zero-order chi connectivity index (χ0) is 15.5. The van der Waals surface area contributed by atoms with Crippen LogP contribution in [0.4, 0.5) is 0 Å². The van der Waals surface area contributed by atoms with Gasteiger partial charge in [-0.25, -0.2) is 0 Å². The molecule has 0 N–H and O–H groups in total. The van der Waals surface area contributed by atoms with Gasteiger partial charge >= 0.3 is 0 Å². The molecule has 0 bridgehead atoms. The molecule has 0 saturated carbocycles. The van der Waals surface area contributed by atoms with Crippen LogP contribution in [-0.2, 0) is 16.1 Å². The van der Waals surface area contributed by atoms with Crippen molar-refractivity contribution in [2.24, 2.45) is 0 Å². The van der Waals surface area contributed by atoms with Crippen LogP contribution in [-0.4, -0.2) is 45.9 Å². The van der Waals surface area contributed by atoms with Crippen molar-refractivity contribution in [3.05, 3.63) is 17.5 Å². The Kier molecular flexibility index (Phi) is 4.81. The summed E-state index contributed by atoms with van der Waals surface area (Å²) in [6.45, 7) is 6.68. The monoisotopic (exact) mass is 305 g/mol. The summed E-state index contributed by atoms with van der Waals surface area (Å²) in [5, 5.41) is 4.54. The second-order valence-corrected chi connectivity index (χ2v) is 6.67. The van der Waals surface area contributed by atoms with Crippen molar-refractivity contribution in [1.29, 1.82) is 0 Å². The normalized spacial score (nSPS) is 25.1. The van der Waals surface area contributed by atoms with Crippen molar-refractivity contribution in [3.8, 4) is 0 Å². The van der Waals surface area contributed by atoms with Crippen molar-refractivity contribution in [3.63, 3.8) is 0 Å². The first-order chi connectivity index (χ1) is 10.6. The van der Waals surface area contributed by atoms with Crippen molar-refractivity contribution >= 4 is 5.91 Å². The Hall–Kier alpha value is -1.36. The Balaban J connectivity index is 1.55. The molecule has 5 nitrogen and oxygen atoms in total. The van der Waals surface area contributed by atoms with Crippen LogP contribution in [0.3, 0.4) is 0 Å². The van der Waals surface area contributed by atoms with Gasteiger partial charge in [-0.3, -0.25) is 9.48 Å². The zero-order valence-corrected chi connectivity index (χ0v) is 13.8. The van der Waals surface area contributed by atoms with E-state index in [1.54, 1.807) is 0 Å². The number of nitrogens with zero attached hydrogens (tertiary/aromatic N) is 3. The highest BCUT2D eigenvalue weighted by Gasteiger charge is 2.30. The molecule has 22 heavy (non-hydrogen) atoms. The molecule has 3 rings (SSSR count). The van der Waals surface area contributed by atoms with Gasteiger partial charge in [0.15, 0.2) is 0 Å². The maximum absolute atomic E-state index is 12.5. The Morgan fingerprint density at radius 1 is 1.36 bits per heavy atom. The van der Waals surface area contributed by atoms with Crippen LogP contribution >= 0.6 is 0 Å². The number of carbonyl (C=O) groups excluding carboxylic acids is 1. The minimum Gasteiger partial charge on any atom is -0.378 e. The number of hydrogen-bond donors (Lipinski definition) is 0. The fraction of sp³-hybridized carbons (Fsp3) is 0.765. The summed E-state index contributed by atoms with van der Waals surface area (Å²) in [6.07, 6.45) is 6.26. The van der Waals surface area contributed by atoms with Gasteiger partial charge in [-0.2, -0.15) is 5.10 Å². The highest BCUT2D eigenvalue weighted by molar-refractivity contribution is 5.76. The zero-order valence-electron chi connectivity index (χ0n) is 13.8. The third-order valence-electron chi connectivity index (χ3n) is 4.89. The lowest BCUT2D eigenvalue weighted by Crippen LogP contribution is -2.38. The van der Waals surface area contributed by atoms with Crippen LogP contribution in [0.5, 0.6) is 0 Å². The van der Waals surface area contributed by atoms with E-state index in [1.165, 1.54) is 5.69 Å². The highest BCUT2D eigenvalue weighted by atomic mass is 16.5. The van der Waals surface area contributed by atoms with Crippen LogP contribution in [0.2, 0.25) is 0 Å². The van der Waals surface area contributed by atoms with E-state index in [0.717, 1.165) is 57.5 Å². The first-order valence-electron chi connectivity index (χ1n) is 8.55. The summed E-state index contributed by atoms with van der Waals surface area (Å²) in [5.41, 5.74) is 2.22. The molecular formula is C17H27N3O2. The van der Waals surface area contributed by atoms with E-state index < -0.39 is 0 Å². The molecule has 0 unspecified atom stereocenters. The van der Waals surface area contributed by atoms with Crippen molar-refractivity contribution in [1.82, 2.24) is 14.7 Å². The molecule has 0 aliphatic carbocycles. The molecule has 122 valence electrons. The van der Waals surface area contributed by atoms with Crippen LogP contribution in [0.25, 0.3) is 0 Å². The first-order valence-corrected chi connectivity index (χ1v) is 8.55. The smallest absolute Gasteiger partial charge is 0.222 e. The fourth-order valence-corrected chi connectivity index (χ4v) is 3.71. The van der Waals surface area contributed by atoms with Gasteiger partial charge in [0.2, 0.25) is 5.91 Å². The Bertz CT molecular complexity index is 520. The third-order valence-corrected chi connectivity index (χ3v) is 4.89. The van der Waals surface area contributed by atoms with E-state index in [1.807, 2.05) is 11.6 Å². The molecule has 0 aromatic carbocycles. The predicted octanol–water partition coefficient (Wildman–Crippen LogP) is 2.45. The average molecular weight is 305 g/mol. The molecule has 2 atom stereocenters. The van der Waals surface area contributed by atoms with Gasteiger partial charge < -0.3 is 9.64 Å². The largest absolute Gasteiger partial charge is 0.378 e. The quantitative estimate of drug-likeness (QED) is 0.839. The maximum Gasteiger partial charge on any atom is 0.222 e. The number of aryl methyl sites for hydroxylation is 2. The molecule has 0 radical (unpaired) electrons. The Morgan fingerprint density at radius 2 is 2.23 bits per heavy atom. The van der Waals surface area contributed by atoms with E-state index >= 15 is 0 Å². The standard InChI is InChI=1S/C17H27N3O2/c1-13-11-14(2)20(18-13)12-15-5-3-9-19(15)17(21)8-7-16-6-4-10-22-16/h11,15-16H,3-10,12H2,1-2H3/t15-,16+/m0/s1. The van der Waals surface area contributed by atoms with Gasteiger partial charge in [0.05, 0.1) is 24.4 Å². The van der Waals surface area contributed by atoms with E-state index in [9.17, 15) is 4.79 Å². The van der Waals surface area contributed by atoms with Crippen molar-refractivity contribution < 1.29 is 9.53 Å². The summed E-state index contributed by atoms with van der Waals surface area (Å²) in [6, 6.07) is 2.40. The molecular weight excluding hydrogens is 278 g/mol. The maximum atomic E-state index is 12.5. The van der Waals surface area contributed by atoms with Gasteiger partial charge in [-0.1, -0.05) is 0 Å². The van der Waals surface area contributed by atoms with Crippen molar-refractivity contribution in [2.75, 3.05) is 13.2 Å². The minimum absolute atomic E-state index is 0.291. The predicted molar refractivity (Wildman–Crippen MR) is 84.6 cm³/mol. The summed E-state index contributed by atoms with van der Waals surface area (Å²) >= 11 is 0. The third kappa shape index (κ3) is 3.51. The second-order valence-electron chi connectivity index (χ2n) is 6.67. The van der Waals surface area contributed by atoms with Crippen LogP contribution in [0.1, 0.15) is 49.9 Å². The Morgan fingerprint density at radius 3 is 2.91 bits per heavy atom. The Labute approximate surface area is 132 Å². The number of likely N-dealkylation sites (tertiary alicyclic amines) is 1. The van der Waals surface area contributed by atoms with E-state index in [-0.39, 0.29) is 0 Å². The number of carbonyl (C=O) groups is 1. The summed E-state index contributed by atoms with van der Waals surface area (Å²) in [7, 11) is 0. The van der Waals surface area contributed by atoms with Crippen LogP contribution < -0.4 is 0 Å². The van der Waals surface area contributed by atoms with E-state index in [0.29, 0.717) is 24.5 Å². The number of amides is 1. The average Bonchev–Trinajstić information content (AvgIpc) is 3.20. The lowest BCUT2D eigenvalue weighted by atomic mass is 10.1. The lowest BCUT2D eigenvalue weighted by Gasteiger charge is -2.25. The molecule has 2 saturated heterocycles. The van der Waals surface area contributed by atoms with E-state index in [4.69, 9.17) is 4.74 Å². The highest BCUT2D eigenvalue weighted by Crippen LogP contribution is 2.23. The van der Waals surface area contributed by atoms with Gasteiger partial charge in [0.1, 0.15) is 0 Å². The second kappa shape index (κ2) is 6.82. The summed E-state index contributed by atoms with van der Waals surface area (Å²) in [4.78, 5) is 14.6. The topological polar surface area (TPSA) is 47.4 Å². The molecule has 2 aliphatic rings. The number of hydrogen-bond acceptors (Lipinski definition) is 3. The van der Waals surface area contributed by atoms with E-state index in [2.05, 4.69) is 23.0 Å². The lowest BCUT2D eigenvalue weighted by molar-refractivity contribution is -0.132. The molecule has 1 aromatic rings. The molecule has 2 aliphatic heterocycles. The SMILES string of the molecule is Cc1cc(C)n(C[C@@H]2CCCN2C(=O)CC[C@H]2CCCO2)n1. The number of rotatable bonds is 5. The molecule has 0 spiro atoms. The van der Waals surface area contributed by atoms with Gasteiger partial charge in [-0.15, -0.1) is 0 Å². The number of ether oxygens (including phenoxy) is 1. The summed E-state index contributed by atoms with van der Waals surface area (Å²) < 4.78 is 7.67. The van der Waals surface area contributed by atoms with Gasteiger partial charge in [0.25, 0.3) is 0 Å². The molecule has 2 fully saturated rings. The summed E-state index contributed by atoms with van der Waals surface area (Å²) in [5.74, 6) is 0.291. The van der Waals surface area contributed by atoms with Crippen LogP contribution in [0, 0.1) is 13.8 Å².